The van der Waals surface area contributed by atoms with E-state index in [1.54, 1.807) is 39.0 Å². The molecule has 11 heteroatoms. The fourth-order valence-electron chi connectivity index (χ4n) is 3.47. The van der Waals surface area contributed by atoms with E-state index in [0.717, 1.165) is 10.4 Å². The zero-order chi connectivity index (χ0) is 26.8. The van der Waals surface area contributed by atoms with E-state index < -0.39 is 39.7 Å². The van der Waals surface area contributed by atoms with Crippen molar-refractivity contribution in [3.63, 3.8) is 0 Å². The first-order valence-corrected chi connectivity index (χ1v) is 13.6. The first-order valence-electron chi connectivity index (χ1n) is 11.5. The minimum atomic E-state index is -2.23. The molecule has 37 heavy (non-hydrogen) atoms. The Kier molecular flexibility index (Phi) is 7.37. The van der Waals surface area contributed by atoms with Crippen LogP contribution in [0.3, 0.4) is 0 Å². The summed E-state index contributed by atoms with van der Waals surface area (Å²) in [7, 11) is -2.23. The fourth-order valence-corrected chi connectivity index (χ4v) is 5.34. The minimum absolute atomic E-state index is 0.233. The van der Waals surface area contributed by atoms with Crippen molar-refractivity contribution in [1.82, 2.24) is 0 Å². The Labute approximate surface area is 220 Å². The summed E-state index contributed by atoms with van der Waals surface area (Å²) >= 11 is 1.52. The van der Waals surface area contributed by atoms with Crippen LogP contribution in [0.15, 0.2) is 69.2 Å². The number of carboxylic acid groups (broad SMARTS) is 1. The Bertz CT molecular complexity index is 1420. The number of nitrogens with one attached hydrogen (secondary N) is 2. The van der Waals surface area contributed by atoms with Gasteiger partial charge >= 0.3 is 12.1 Å². The molecule has 1 aromatic heterocycles. The molecule has 0 aliphatic heterocycles. The van der Waals surface area contributed by atoms with Crippen molar-refractivity contribution in [2.75, 3.05) is 10.6 Å². The molecule has 1 atom stereocenters. The summed E-state index contributed by atoms with van der Waals surface area (Å²) in [5.41, 5.74) is -0.0883. The molecule has 9 nitrogen and oxygen atoms in total. The highest BCUT2D eigenvalue weighted by atomic mass is 32.2. The first-order chi connectivity index (χ1) is 17.5. The molecule has 0 saturated heterocycles. The van der Waals surface area contributed by atoms with Crippen LogP contribution in [0.4, 0.5) is 16.2 Å². The standard InChI is InChI=1S/C26H27N3O6S2/c1-25(2,3)35-23(31)26(12-13-26)29-37(34)18-9-6-16(7-10-18)22(30)27-20-15-17(21-5-4-14-36-21)8-11-19(20)28-24(32)33/h4-11,14-15,28,37H,12-13H2,1-3H3,(H,27,30)(H,32,33). The van der Waals surface area contributed by atoms with Gasteiger partial charge in [0.2, 0.25) is 0 Å². The van der Waals surface area contributed by atoms with Crippen LogP contribution in [0.1, 0.15) is 44.0 Å². The van der Waals surface area contributed by atoms with Crippen LogP contribution in [-0.4, -0.2) is 38.4 Å². The molecule has 194 valence electrons. The van der Waals surface area contributed by atoms with E-state index in [9.17, 15) is 18.6 Å². The van der Waals surface area contributed by atoms with Gasteiger partial charge in [-0.1, -0.05) is 12.1 Å². The maximum atomic E-state index is 13.0. The molecule has 0 spiro atoms. The first kappa shape index (κ1) is 26.4. The van der Waals surface area contributed by atoms with E-state index in [-0.39, 0.29) is 11.3 Å². The molecule has 1 aliphatic rings. The van der Waals surface area contributed by atoms with Gasteiger partial charge in [0.15, 0.2) is 5.54 Å². The maximum absolute atomic E-state index is 13.0. The third kappa shape index (κ3) is 6.55. The van der Waals surface area contributed by atoms with Crippen molar-refractivity contribution in [1.29, 1.82) is 0 Å². The highest BCUT2D eigenvalue weighted by Gasteiger charge is 2.53. The van der Waals surface area contributed by atoms with E-state index in [2.05, 4.69) is 15.0 Å². The number of ether oxygens (including phenoxy) is 1. The molecule has 0 bridgehead atoms. The molecule has 1 unspecified atom stereocenters. The number of nitrogens with zero attached hydrogens (tertiary/aromatic N) is 1. The second-order valence-corrected chi connectivity index (χ2v) is 11.8. The number of thiophene rings is 1. The molecule has 3 aromatic rings. The lowest BCUT2D eigenvalue weighted by Crippen LogP contribution is -2.32. The summed E-state index contributed by atoms with van der Waals surface area (Å²) in [4.78, 5) is 38.0. The average molecular weight is 542 g/mol. The van der Waals surface area contributed by atoms with E-state index in [0.29, 0.717) is 23.4 Å². The van der Waals surface area contributed by atoms with Crippen molar-refractivity contribution >= 4 is 51.3 Å². The molecule has 2 amide bonds. The van der Waals surface area contributed by atoms with Gasteiger partial charge in [-0.15, -0.1) is 11.3 Å². The van der Waals surface area contributed by atoms with Crippen LogP contribution in [0.25, 0.3) is 10.4 Å². The lowest BCUT2D eigenvalue weighted by atomic mass is 10.1. The molecule has 0 radical (unpaired) electrons. The highest BCUT2D eigenvalue weighted by Crippen LogP contribution is 2.42. The fraction of sp³-hybridized carbons (Fsp3) is 0.269. The number of hydrogen-bond donors (Lipinski definition) is 4. The molecule has 2 aromatic carbocycles. The SMILES string of the molecule is CC(C)(C)OC(=O)C1(/N=[SH](=O)/c2ccc(C(=O)Nc3cc(-c4cccs4)ccc3NC(=O)O)cc2)CC1. The van der Waals surface area contributed by atoms with Gasteiger partial charge in [-0.05, 0) is 87.0 Å². The van der Waals surface area contributed by atoms with Crippen molar-refractivity contribution < 1.29 is 28.4 Å². The van der Waals surface area contributed by atoms with Crippen LogP contribution in [0.5, 0.6) is 0 Å². The summed E-state index contributed by atoms with van der Waals surface area (Å²) in [6, 6.07) is 15.0. The third-order valence-electron chi connectivity index (χ3n) is 5.45. The molecule has 1 saturated carbocycles. The van der Waals surface area contributed by atoms with Gasteiger partial charge in [-0.25, -0.2) is 18.2 Å². The number of carbonyl (C=O) groups excluding carboxylic acids is 2. The van der Waals surface area contributed by atoms with E-state index >= 15 is 0 Å². The number of rotatable bonds is 7. The highest BCUT2D eigenvalue weighted by molar-refractivity contribution is 7.75. The van der Waals surface area contributed by atoms with Gasteiger partial charge in [0.1, 0.15) is 5.60 Å². The minimum Gasteiger partial charge on any atom is -0.465 e. The summed E-state index contributed by atoms with van der Waals surface area (Å²) in [6.45, 7) is 5.30. The number of anilines is 2. The molecule has 1 aliphatic carbocycles. The second-order valence-electron chi connectivity index (χ2n) is 9.58. The van der Waals surface area contributed by atoms with Crippen molar-refractivity contribution in [3.05, 3.63) is 65.5 Å². The van der Waals surface area contributed by atoms with Crippen LogP contribution in [0.2, 0.25) is 0 Å². The van der Waals surface area contributed by atoms with Crippen molar-refractivity contribution in [2.24, 2.45) is 4.36 Å². The Hall–Kier alpha value is -3.70. The Morgan fingerprint density at radius 1 is 1.03 bits per heavy atom. The van der Waals surface area contributed by atoms with E-state index in [1.807, 2.05) is 17.5 Å². The zero-order valence-corrected chi connectivity index (χ0v) is 22.2. The van der Waals surface area contributed by atoms with E-state index in [4.69, 9.17) is 9.84 Å². The van der Waals surface area contributed by atoms with Gasteiger partial charge in [0, 0.05) is 15.3 Å². The summed E-state index contributed by atoms with van der Waals surface area (Å²) in [5, 5.41) is 16.1. The molecule has 4 rings (SSSR count). The number of thiol groups is 1. The van der Waals surface area contributed by atoms with Gasteiger partial charge in [-0.2, -0.15) is 0 Å². The summed E-state index contributed by atoms with van der Waals surface area (Å²) in [5.74, 6) is -0.946. The Morgan fingerprint density at radius 2 is 1.73 bits per heavy atom. The van der Waals surface area contributed by atoms with Crippen molar-refractivity contribution in [3.8, 4) is 10.4 Å². The van der Waals surface area contributed by atoms with Gasteiger partial charge in [-0.3, -0.25) is 10.1 Å². The number of hydrogen-bond acceptors (Lipinski definition) is 7. The summed E-state index contributed by atoms with van der Waals surface area (Å²) in [6.07, 6.45) is -0.280. The summed E-state index contributed by atoms with van der Waals surface area (Å²) < 4.78 is 22.5. The van der Waals surface area contributed by atoms with Crippen LogP contribution >= 0.6 is 11.3 Å². The molecule has 1 heterocycles. The lowest BCUT2D eigenvalue weighted by Gasteiger charge is -2.21. The van der Waals surface area contributed by atoms with Gasteiger partial charge in [0.25, 0.3) is 5.91 Å². The normalized spacial score (nSPS) is 15.0. The predicted molar refractivity (Wildman–Crippen MR) is 144 cm³/mol. The Morgan fingerprint density at radius 3 is 2.30 bits per heavy atom. The smallest absolute Gasteiger partial charge is 0.409 e. The molecular weight excluding hydrogens is 514 g/mol. The topological polar surface area (TPSA) is 134 Å². The number of carbonyl (C=O) groups is 3. The molecular formula is C26H27N3O6S2. The monoisotopic (exact) mass is 541 g/mol. The number of esters is 1. The number of benzene rings is 2. The van der Waals surface area contributed by atoms with Crippen molar-refractivity contribution in [2.45, 2.75) is 49.6 Å². The van der Waals surface area contributed by atoms with Crippen LogP contribution < -0.4 is 10.6 Å². The maximum Gasteiger partial charge on any atom is 0.409 e. The van der Waals surface area contributed by atoms with E-state index in [1.165, 1.54) is 35.6 Å². The predicted octanol–water partition coefficient (Wildman–Crippen LogP) is 5.66. The second kappa shape index (κ2) is 10.3. The van der Waals surface area contributed by atoms with Crippen LogP contribution in [0, 0.1) is 0 Å². The van der Waals surface area contributed by atoms with Crippen LogP contribution in [-0.2, 0) is 20.1 Å². The average Bonchev–Trinajstić information content (AvgIpc) is 3.40. The Balaban J connectivity index is 1.52. The van der Waals surface area contributed by atoms with Gasteiger partial charge < -0.3 is 15.2 Å². The zero-order valence-electron chi connectivity index (χ0n) is 20.5. The largest absolute Gasteiger partial charge is 0.465 e. The molecule has 1 fully saturated rings. The third-order valence-corrected chi connectivity index (χ3v) is 7.67. The molecule has 3 N–H and O–H groups in total. The quantitative estimate of drug-likeness (QED) is 0.225. The number of amides is 2. The van der Waals surface area contributed by atoms with Gasteiger partial charge in [0.05, 0.1) is 22.0 Å². The lowest BCUT2D eigenvalue weighted by molar-refractivity contribution is -0.157.